The minimum Gasteiger partial charge on any atom is -0.335 e. The number of aromatic nitrogens is 2. The van der Waals surface area contributed by atoms with Crippen LogP contribution >= 0.6 is 0 Å². The number of nitrogens with one attached hydrogen (secondary N) is 1. The molecular formula is C22H16N4O3. The van der Waals surface area contributed by atoms with Crippen LogP contribution in [0.25, 0.3) is 22.4 Å². The minimum atomic E-state index is -0.303. The van der Waals surface area contributed by atoms with Gasteiger partial charge in [-0.2, -0.15) is 0 Å². The molecule has 0 fully saturated rings. The van der Waals surface area contributed by atoms with Gasteiger partial charge in [0.2, 0.25) is 5.91 Å². The molecule has 7 heteroatoms. The maximum atomic E-state index is 13.6. The van der Waals surface area contributed by atoms with Crippen LogP contribution in [0.4, 0.5) is 11.4 Å². The molecule has 0 saturated heterocycles. The van der Waals surface area contributed by atoms with Crippen LogP contribution in [0, 0.1) is 6.92 Å². The molecule has 1 aliphatic rings. The number of carbonyl (C=O) groups is 2. The molecule has 0 atom stereocenters. The van der Waals surface area contributed by atoms with Crippen molar-refractivity contribution >= 4 is 34.3 Å². The molecule has 4 aromatic rings. The third-order valence-electron chi connectivity index (χ3n) is 4.93. The summed E-state index contributed by atoms with van der Waals surface area (Å²) >= 11 is 0. The van der Waals surface area contributed by atoms with Gasteiger partial charge in [0.05, 0.1) is 33.7 Å². The molecule has 0 bridgehead atoms. The van der Waals surface area contributed by atoms with Gasteiger partial charge >= 0.3 is 0 Å². The first-order valence-corrected chi connectivity index (χ1v) is 9.15. The van der Waals surface area contributed by atoms with Crippen LogP contribution < -0.4 is 10.2 Å². The van der Waals surface area contributed by atoms with E-state index in [0.717, 1.165) is 5.56 Å². The average molecular weight is 384 g/mol. The molecule has 3 heterocycles. The van der Waals surface area contributed by atoms with E-state index in [1.807, 2.05) is 48.5 Å². The van der Waals surface area contributed by atoms with Crippen LogP contribution in [-0.4, -0.2) is 28.5 Å². The second-order valence-corrected chi connectivity index (χ2v) is 6.83. The fourth-order valence-corrected chi connectivity index (χ4v) is 3.58. The summed E-state index contributed by atoms with van der Waals surface area (Å²) in [4.78, 5) is 31.8. The zero-order valence-corrected chi connectivity index (χ0v) is 15.5. The van der Waals surface area contributed by atoms with Gasteiger partial charge in [0.15, 0.2) is 0 Å². The number of benzene rings is 2. The summed E-state index contributed by atoms with van der Waals surface area (Å²) in [6.07, 6.45) is 0. The molecule has 0 spiro atoms. The molecule has 29 heavy (non-hydrogen) atoms. The van der Waals surface area contributed by atoms with Crippen LogP contribution in [-0.2, 0) is 4.79 Å². The Labute approximate surface area is 165 Å². The van der Waals surface area contributed by atoms with Crippen molar-refractivity contribution in [2.75, 3.05) is 16.8 Å². The van der Waals surface area contributed by atoms with Gasteiger partial charge in [-0.05, 0) is 25.1 Å². The van der Waals surface area contributed by atoms with Gasteiger partial charge in [-0.25, -0.2) is 4.98 Å². The van der Waals surface area contributed by atoms with Gasteiger partial charge in [0.25, 0.3) is 11.6 Å². The van der Waals surface area contributed by atoms with E-state index < -0.39 is 0 Å². The van der Waals surface area contributed by atoms with E-state index in [4.69, 9.17) is 4.52 Å². The quantitative estimate of drug-likeness (QED) is 0.568. The number of aryl methyl sites for hydroxylation is 1. The first-order chi connectivity index (χ1) is 14.1. The molecule has 0 radical (unpaired) electrons. The van der Waals surface area contributed by atoms with Crippen molar-refractivity contribution in [3.05, 3.63) is 71.9 Å². The van der Waals surface area contributed by atoms with Crippen molar-refractivity contribution in [2.24, 2.45) is 0 Å². The number of nitrogens with zero attached hydrogens (tertiary/aromatic N) is 3. The second-order valence-electron chi connectivity index (χ2n) is 6.83. The highest BCUT2D eigenvalue weighted by atomic mass is 16.5. The van der Waals surface area contributed by atoms with E-state index in [2.05, 4.69) is 15.5 Å². The molecule has 2 amide bonds. The number of hydrogen-bond donors (Lipinski definition) is 1. The Morgan fingerprint density at radius 3 is 2.69 bits per heavy atom. The Kier molecular flexibility index (Phi) is 3.87. The van der Waals surface area contributed by atoms with Crippen LogP contribution in [0.3, 0.4) is 0 Å². The van der Waals surface area contributed by atoms with Gasteiger partial charge in [0, 0.05) is 5.56 Å². The van der Waals surface area contributed by atoms with Crippen LogP contribution in [0.1, 0.15) is 16.1 Å². The topological polar surface area (TPSA) is 88.3 Å². The summed E-state index contributed by atoms with van der Waals surface area (Å²) in [5, 5.41) is 7.35. The Hall–Kier alpha value is -4.00. The number of carbonyl (C=O) groups excluding carboxylic acids is 2. The zero-order valence-electron chi connectivity index (χ0n) is 15.5. The average Bonchev–Trinajstić information content (AvgIpc) is 3.13. The molecule has 0 unspecified atom stereocenters. The number of amides is 2. The Morgan fingerprint density at radius 1 is 1.10 bits per heavy atom. The predicted octanol–water partition coefficient (Wildman–Crippen LogP) is 3.80. The lowest BCUT2D eigenvalue weighted by atomic mass is 10.0. The largest absolute Gasteiger partial charge is 0.335 e. The summed E-state index contributed by atoms with van der Waals surface area (Å²) in [5.41, 5.74) is 3.98. The highest BCUT2D eigenvalue weighted by Gasteiger charge is 2.30. The molecule has 142 valence electrons. The van der Waals surface area contributed by atoms with E-state index in [-0.39, 0.29) is 18.4 Å². The van der Waals surface area contributed by atoms with E-state index in [0.29, 0.717) is 39.4 Å². The molecule has 2 aromatic carbocycles. The lowest BCUT2D eigenvalue weighted by Gasteiger charge is -2.29. The Bertz CT molecular complexity index is 1260. The molecule has 0 aliphatic carbocycles. The monoisotopic (exact) mass is 384 g/mol. The van der Waals surface area contributed by atoms with Crippen molar-refractivity contribution in [1.82, 2.24) is 10.1 Å². The third kappa shape index (κ3) is 2.84. The molecular weight excluding hydrogens is 368 g/mol. The highest BCUT2D eigenvalue weighted by molar-refractivity contribution is 6.19. The smallest absolute Gasteiger partial charge is 0.259 e. The van der Waals surface area contributed by atoms with Crippen molar-refractivity contribution in [1.29, 1.82) is 0 Å². The number of hydrogen-bond acceptors (Lipinski definition) is 5. The van der Waals surface area contributed by atoms with Crippen molar-refractivity contribution < 1.29 is 14.1 Å². The third-order valence-corrected chi connectivity index (χ3v) is 4.93. The number of fused-ring (bicyclic) bond motifs is 2. The lowest BCUT2D eigenvalue weighted by molar-refractivity contribution is -0.115. The molecule has 1 N–H and O–H groups in total. The lowest BCUT2D eigenvalue weighted by Crippen LogP contribution is -2.42. The van der Waals surface area contributed by atoms with Crippen molar-refractivity contribution in [3.63, 3.8) is 0 Å². The van der Waals surface area contributed by atoms with Crippen LogP contribution in [0.15, 0.2) is 65.2 Å². The fourth-order valence-electron chi connectivity index (χ4n) is 3.58. The van der Waals surface area contributed by atoms with Crippen molar-refractivity contribution in [3.8, 4) is 11.3 Å². The number of anilines is 2. The number of para-hydroxylation sites is 2. The highest BCUT2D eigenvalue weighted by Crippen LogP contribution is 2.33. The van der Waals surface area contributed by atoms with Crippen molar-refractivity contribution in [2.45, 2.75) is 6.92 Å². The maximum absolute atomic E-state index is 13.6. The number of pyridine rings is 1. The van der Waals surface area contributed by atoms with Gasteiger partial charge in [-0.3, -0.25) is 14.5 Å². The molecule has 7 nitrogen and oxygen atoms in total. The van der Waals surface area contributed by atoms with E-state index in [1.165, 1.54) is 4.90 Å². The van der Waals surface area contributed by atoms with Gasteiger partial charge in [-0.15, -0.1) is 0 Å². The standard InChI is InChI=1S/C22H16N4O3/c1-13-20-15(11-17(24-21(20)29-25-13)14-7-3-2-4-8-14)22(28)26-12-19(27)23-16-9-5-6-10-18(16)26/h2-11H,12H2,1H3,(H,23,27). The maximum Gasteiger partial charge on any atom is 0.259 e. The summed E-state index contributed by atoms with van der Waals surface area (Å²) in [7, 11) is 0. The van der Waals surface area contributed by atoms with E-state index in [1.54, 1.807) is 19.1 Å². The summed E-state index contributed by atoms with van der Waals surface area (Å²) in [6.45, 7) is 1.70. The van der Waals surface area contributed by atoms with E-state index >= 15 is 0 Å². The molecule has 5 rings (SSSR count). The first kappa shape index (κ1) is 17.1. The number of rotatable bonds is 2. The summed E-state index contributed by atoms with van der Waals surface area (Å²) in [6, 6.07) is 18.5. The fraction of sp³-hybridized carbons (Fsp3) is 0.0909. The van der Waals surface area contributed by atoms with Gasteiger partial charge in [-0.1, -0.05) is 47.6 Å². The SMILES string of the molecule is Cc1noc2nc(-c3ccccc3)cc(C(=O)N3CC(=O)Nc4ccccc43)c12. The first-order valence-electron chi connectivity index (χ1n) is 9.15. The summed E-state index contributed by atoms with van der Waals surface area (Å²) in [5.74, 6) is -0.546. The summed E-state index contributed by atoms with van der Waals surface area (Å²) < 4.78 is 5.37. The van der Waals surface area contributed by atoms with Crippen LogP contribution in [0.5, 0.6) is 0 Å². The molecule has 2 aromatic heterocycles. The second kappa shape index (κ2) is 6.56. The molecule has 0 saturated carbocycles. The molecule has 1 aliphatic heterocycles. The van der Waals surface area contributed by atoms with Gasteiger partial charge < -0.3 is 9.84 Å². The Morgan fingerprint density at radius 2 is 1.86 bits per heavy atom. The van der Waals surface area contributed by atoms with E-state index in [9.17, 15) is 9.59 Å². The zero-order chi connectivity index (χ0) is 20.0. The Balaban J connectivity index is 1.69. The minimum absolute atomic E-state index is 0.0648. The van der Waals surface area contributed by atoms with Gasteiger partial charge in [0.1, 0.15) is 6.54 Å². The van der Waals surface area contributed by atoms with Crippen LogP contribution in [0.2, 0.25) is 0 Å². The normalized spacial score (nSPS) is 13.3. The predicted molar refractivity (Wildman–Crippen MR) is 109 cm³/mol.